The molecule has 1 N–H and O–H groups in total. The molecule has 1 saturated heterocycles. The summed E-state index contributed by atoms with van der Waals surface area (Å²) >= 11 is 0. The highest BCUT2D eigenvalue weighted by Gasteiger charge is 2.41. The maximum Gasteiger partial charge on any atom is 0.309 e. The fraction of sp³-hybridized carbons (Fsp3) is 0.600. The van der Waals surface area contributed by atoms with Gasteiger partial charge >= 0.3 is 5.97 Å². The maximum atomic E-state index is 12.1. The maximum absolute atomic E-state index is 12.1. The van der Waals surface area contributed by atoms with E-state index in [2.05, 4.69) is 4.98 Å². The molecule has 0 spiro atoms. The third-order valence-electron chi connectivity index (χ3n) is 3.10. The van der Waals surface area contributed by atoms with E-state index in [0.29, 0.717) is 12.4 Å². The van der Waals surface area contributed by atoms with E-state index in [4.69, 9.17) is 5.11 Å². The van der Waals surface area contributed by atoms with E-state index in [1.807, 2.05) is 6.92 Å². The van der Waals surface area contributed by atoms with Crippen molar-refractivity contribution in [3.63, 3.8) is 0 Å². The molecule has 8 heteroatoms. The van der Waals surface area contributed by atoms with Crippen molar-refractivity contribution in [3.05, 3.63) is 12.0 Å². The number of carboxylic acid groups (broad SMARTS) is 1. The SMILES string of the molecule is CCn1cc(S(=O)(=O)N2CC(C(=O)O)C2)nc1C. The van der Waals surface area contributed by atoms with Crippen molar-refractivity contribution in [3.8, 4) is 0 Å². The third kappa shape index (κ3) is 2.01. The summed E-state index contributed by atoms with van der Waals surface area (Å²) in [5.41, 5.74) is 0. The largest absolute Gasteiger partial charge is 0.481 e. The molecular formula is C10H15N3O4S. The monoisotopic (exact) mass is 273 g/mol. The second kappa shape index (κ2) is 4.36. The number of carboxylic acids is 1. The van der Waals surface area contributed by atoms with Crippen LogP contribution in [0.3, 0.4) is 0 Å². The number of aromatic nitrogens is 2. The van der Waals surface area contributed by atoms with Crippen LogP contribution >= 0.6 is 0 Å². The van der Waals surface area contributed by atoms with Gasteiger partial charge in [0.2, 0.25) is 0 Å². The lowest BCUT2D eigenvalue weighted by Crippen LogP contribution is -2.52. The summed E-state index contributed by atoms with van der Waals surface area (Å²) in [5.74, 6) is -0.933. The molecule has 0 radical (unpaired) electrons. The molecule has 1 aliphatic heterocycles. The zero-order valence-corrected chi connectivity index (χ0v) is 11.0. The summed E-state index contributed by atoms with van der Waals surface area (Å²) in [6.07, 6.45) is 1.48. The summed E-state index contributed by atoms with van der Waals surface area (Å²) < 4.78 is 27.1. The van der Waals surface area contributed by atoms with Crippen molar-refractivity contribution in [1.29, 1.82) is 0 Å². The Morgan fingerprint density at radius 1 is 1.56 bits per heavy atom. The van der Waals surface area contributed by atoms with E-state index in [1.165, 1.54) is 6.20 Å². The van der Waals surface area contributed by atoms with Gasteiger partial charge in [0.05, 0.1) is 5.92 Å². The molecular weight excluding hydrogens is 258 g/mol. The molecule has 0 saturated carbocycles. The topological polar surface area (TPSA) is 92.5 Å². The Bertz CT molecular complexity index is 572. The van der Waals surface area contributed by atoms with Crippen molar-refractivity contribution >= 4 is 16.0 Å². The normalized spacial score (nSPS) is 17.7. The van der Waals surface area contributed by atoms with E-state index in [0.717, 1.165) is 4.31 Å². The highest BCUT2D eigenvalue weighted by molar-refractivity contribution is 7.89. The summed E-state index contributed by atoms with van der Waals surface area (Å²) in [4.78, 5) is 14.7. The standard InChI is InChI=1S/C10H15N3O4S/c1-3-12-6-9(11-7(12)2)18(16,17)13-4-8(5-13)10(14)15/h6,8H,3-5H2,1-2H3,(H,14,15). The molecule has 18 heavy (non-hydrogen) atoms. The Balaban J connectivity index is 2.19. The predicted molar refractivity (Wildman–Crippen MR) is 62.5 cm³/mol. The van der Waals surface area contributed by atoms with Gasteiger partial charge in [0, 0.05) is 25.8 Å². The quantitative estimate of drug-likeness (QED) is 0.828. The first-order chi connectivity index (χ1) is 8.36. The van der Waals surface area contributed by atoms with Gasteiger partial charge in [-0.3, -0.25) is 4.79 Å². The number of rotatable bonds is 4. The van der Waals surface area contributed by atoms with E-state index < -0.39 is 21.9 Å². The van der Waals surface area contributed by atoms with Crippen LogP contribution in [0.25, 0.3) is 0 Å². The van der Waals surface area contributed by atoms with Crippen LogP contribution in [0.4, 0.5) is 0 Å². The summed E-state index contributed by atoms with van der Waals surface area (Å²) in [6, 6.07) is 0. The van der Waals surface area contributed by atoms with Gasteiger partial charge in [0.25, 0.3) is 10.0 Å². The molecule has 0 aliphatic carbocycles. The Kier molecular flexibility index (Phi) is 3.16. The van der Waals surface area contributed by atoms with Crippen LogP contribution in [0.5, 0.6) is 0 Å². The molecule has 2 rings (SSSR count). The number of nitrogens with zero attached hydrogens (tertiary/aromatic N) is 3. The van der Waals surface area contributed by atoms with Gasteiger partial charge in [-0.1, -0.05) is 0 Å². The summed E-state index contributed by atoms with van der Waals surface area (Å²) in [6.45, 7) is 4.32. The zero-order chi connectivity index (χ0) is 13.5. The molecule has 7 nitrogen and oxygen atoms in total. The highest BCUT2D eigenvalue weighted by atomic mass is 32.2. The minimum absolute atomic E-state index is 0.00862. The molecule has 1 aromatic heterocycles. The Morgan fingerprint density at radius 3 is 2.61 bits per heavy atom. The van der Waals surface area contributed by atoms with Crippen LogP contribution < -0.4 is 0 Å². The molecule has 1 aliphatic rings. The Hall–Kier alpha value is -1.41. The molecule has 0 bridgehead atoms. The molecule has 0 amide bonds. The van der Waals surface area contributed by atoms with Gasteiger partial charge in [-0.2, -0.15) is 4.31 Å². The van der Waals surface area contributed by atoms with Crippen LogP contribution in [0.15, 0.2) is 11.2 Å². The second-order valence-electron chi connectivity index (χ2n) is 4.27. The van der Waals surface area contributed by atoms with Crippen LogP contribution in [-0.2, 0) is 21.4 Å². The lowest BCUT2D eigenvalue weighted by Gasteiger charge is -2.34. The predicted octanol–water partition coefficient (Wildman–Crippen LogP) is -0.0835. The van der Waals surface area contributed by atoms with Gasteiger partial charge in [0.15, 0.2) is 5.03 Å². The van der Waals surface area contributed by atoms with Crippen LogP contribution in [0.1, 0.15) is 12.7 Å². The molecule has 2 heterocycles. The van der Waals surface area contributed by atoms with Gasteiger partial charge in [-0.05, 0) is 13.8 Å². The molecule has 1 aromatic rings. The number of sulfonamides is 1. The molecule has 0 atom stereocenters. The minimum Gasteiger partial charge on any atom is -0.481 e. The van der Waals surface area contributed by atoms with Crippen molar-refractivity contribution in [2.45, 2.75) is 25.4 Å². The van der Waals surface area contributed by atoms with E-state index >= 15 is 0 Å². The van der Waals surface area contributed by atoms with Gasteiger partial charge in [-0.15, -0.1) is 0 Å². The highest BCUT2D eigenvalue weighted by Crippen LogP contribution is 2.24. The second-order valence-corrected chi connectivity index (χ2v) is 6.15. The smallest absolute Gasteiger partial charge is 0.309 e. The van der Waals surface area contributed by atoms with E-state index in [1.54, 1.807) is 11.5 Å². The fourth-order valence-electron chi connectivity index (χ4n) is 1.85. The lowest BCUT2D eigenvalue weighted by molar-refractivity contribution is -0.145. The first kappa shape index (κ1) is 13.0. The molecule has 100 valence electrons. The van der Waals surface area contributed by atoms with Crippen molar-refractivity contribution in [1.82, 2.24) is 13.9 Å². The lowest BCUT2D eigenvalue weighted by atomic mass is 10.0. The number of hydrogen-bond acceptors (Lipinski definition) is 4. The molecule has 0 unspecified atom stereocenters. The van der Waals surface area contributed by atoms with Crippen LogP contribution in [0, 0.1) is 12.8 Å². The van der Waals surface area contributed by atoms with Crippen molar-refractivity contribution < 1.29 is 18.3 Å². The molecule has 0 aromatic carbocycles. The third-order valence-corrected chi connectivity index (χ3v) is 4.80. The summed E-state index contributed by atoms with van der Waals surface area (Å²) in [7, 11) is -3.64. The number of aryl methyl sites for hydroxylation is 2. The van der Waals surface area contributed by atoms with Gasteiger partial charge in [-0.25, -0.2) is 13.4 Å². The van der Waals surface area contributed by atoms with Gasteiger partial charge in [0.1, 0.15) is 5.82 Å². The average Bonchev–Trinajstić information content (AvgIpc) is 2.56. The van der Waals surface area contributed by atoms with Crippen LogP contribution in [-0.4, -0.2) is 46.4 Å². The number of imidazole rings is 1. The Morgan fingerprint density at radius 2 is 2.17 bits per heavy atom. The number of hydrogen-bond donors (Lipinski definition) is 1. The van der Waals surface area contributed by atoms with E-state index in [9.17, 15) is 13.2 Å². The number of carbonyl (C=O) groups is 1. The molecule has 1 fully saturated rings. The average molecular weight is 273 g/mol. The minimum atomic E-state index is -3.64. The van der Waals surface area contributed by atoms with E-state index in [-0.39, 0.29) is 18.1 Å². The Labute approximate surface area is 105 Å². The first-order valence-electron chi connectivity index (χ1n) is 5.63. The fourth-order valence-corrected chi connectivity index (χ4v) is 3.37. The zero-order valence-electron chi connectivity index (χ0n) is 10.2. The number of aliphatic carboxylic acids is 1. The van der Waals surface area contributed by atoms with Crippen LogP contribution in [0.2, 0.25) is 0 Å². The van der Waals surface area contributed by atoms with Crippen molar-refractivity contribution in [2.75, 3.05) is 13.1 Å². The van der Waals surface area contributed by atoms with Crippen molar-refractivity contribution in [2.24, 2.45) is 5.92 Å². The van der Waals surface area contributed by atoms with Gasteiger partial charge < -0.3 is 9.67 Å². The summed E-state index contributed by atoms with van der Waals surface area (Å²) in [5, 5.41) is 8.72. The first-order valence-corrected chi connectivity index (χ1v) is 7.07.